The summed E-state index contributed by atoms with van der Waals surface area (Å²) in [6.07, 6.45) is -1.58. The second-order valence-electron chi connectivity index (χ2n) is 4.98. The molecule has 10 heteroatoms. The average molecular weight is 373 g/mol. The zero-order valence-electron chi connectivity index (χ0n) is 12.7. The number of carbonyl (C=O) groups excluding carboxylic acids is 1. The van der Waals surface area contributed by atoms with Gasteiger partial charge in [-0.05, 0) is 35.9 Å². The van der Waals surface area contributed by atoms with Crippen LogP contribution in [-0.4, -0.2) is 25.9 Å². The highest BCUT2D eigenvalue weighted by molar-refractivity contribution is 7.89. The summed E-state index contributed by atoms with van der Waals surface area (Å²) in [7, 11) is -4.24. The van der Waals surface area contributed by atoms with Crippen molar-refractivity contribution in [2.45, 2.75) is 17.6 Å². The number of sulfonamides is 1. The molecule has 1 amide bonds. The van der Waals surface area contributed by atoms with Gasteiger partial charge in [0, 0.05) is 18.9 Å². The lowest BCUT2D eigenvalue weighted by molar-refractivity contribution is -0.137. The Kier molecular flexibility index (Phi) is 5.75. The number of aromatic nitrogens is 1. The van der Waals surface area contributed by atoms with Crippen LogP contribution in [0.5, 0.6) is 0 Å². The number of hydrogen-bond donors (Lipinski definition) is 2. The molecule has 0 spiro atoms. The van der Waals surface area contributed by atoms with Gasteiger partial charge in [-0.25, -0.2) is 13.1 Å². The van der Waals surface area contributed by atoms with E-state index in [4.69, 9.17) is 0 Å². The highest BCUT2D eigenvalue weighted by Gasteiger charge is 2.31. The Morgan fingerprint density at radius 3 is 2.44 bits per heavy atom. The lowest BCUT2D eigenvalue weighted by atomic mass is 10.2. The molecular formula is C15H14F3N3O3S. The SMILES string of the molecule is O=C(CNS(=O)(=O)c1cccc(C(F)(F)F)c1)NCc1ccncc1. The Labute approximate surface area is 142 Å². The molecule has 1 heterocycles. The molecule has 0 fully saturated rings. The number of alkyl halides is 3. The van der Waals surface area contributed by atoms with Gasteiger partial charge in [-0.1, -0.05) is 6.07 Å². The van der Waals surface area contributed by atoms with Crippen LogP contribution in [0.1, 0.15) is 11.1 Å². The van der Waals surface area contributed by atoms with Crippen LogP contribution in [0.25, 0.3) is 0 Å². The molecule has 25 heavy (non-hydrogen) atoms. The number of halogens is 3. The third kappa shape index (κ3) is 5.54. The summed E-state index contributed by atoms with van der Waals surface area (Å²) >= 11 is 0. The minimum Gasteiger partial charge on any atom is -0.351 e. The summed E-state index contributed by atoms with van der Waals surface area (Å²) < 4.78 is 64.0. The van der Waals surface area contributed by atoms with Gasteiger partial charge in [0.15, 0.2) is 0 Å². The smallest absolute Gasteiger partial charge is 0.351 e. The second kappa shape index (κ2) is 7.62. The van der Waals surface area contributed by atoms with Gasteiger partial charge in [0.2, 0.25) is 15.9 Å². The Balaban J connectivity index is 1.96. The highest BCUT2D eigenvalue weighted by atomic mass is 32.2. The molecule has 0 atom stereocenters. The Bertz CT molecular complexity index is 840. The number of carbonyl (C=O) groups is 1. The van der Waals surface area contributed by atoms with Crippen LogP contribution < -0.4 is 10.0 Å². The van der Waals surface area contributed by atoms with E-state index in [1.807, 2.05) is 4.72 Å². The lowest BCUT2D eigenvalue weighted by Gasteiger charge is -2.10. The molecule has 2 rings (SSSR count). The number of rotatable bonds is 6. The van der Waals surface area contributed by atoms with E-state index in [0.29, 0.717) is 6.07 Å². The molecule has 6 nitrogen and oxygen atoms in total. The average Bonchev–Trinajstić information content (AvgIpc) is 2.58. The predicted octanol–water partition coefficient (Wildman–Crippen LogP) is 1.70. The quantitative estimate of drug-likeness (QED) is 0.807. The zero-order chi connectivity index (χ0) is 18.5. The fraction of sp³-hybridized carbons (Fsp3) is 0.200. The van der Waals surface area contributed by atoms with Crippen LogP contribution in [0.3, 0.4) is 0 Å². The fourth-order valence-electron chi connectivity index (χ4n) is 1.85. The minimum absolute atomic E-state index is 0.173. The van der Waals surface area contributed by atoms with Gasteiger partial charge in [-0.15, -0.1) is 0 Å². The van der Waals surface area contributed by atoms with Crippen molar-refractivity contribution in [3.8, 4) is 0 Å². The van der Waals surface area contributed by atoms with E-state index in [2.05, 4.69) is 10.3 Å². The monoisotopic (exact) mass is 373 g/mol. The maximum Gasteiger partial charge on any atom is 0.416 e. The summed E-state index contributed by atoms with van der Waals surface area (Å²) in [6, 6.07) is 6.63. The summed E-state index contributed by atoms with van der Waals surface area (Å²) in [5.74, 6) is -0.618. The van der Waals surface area contributed by atoms with Crippen LogP contribution in [0.4, 0.5) is 13.2 Å². The third-order valence-electron chi connectivity index (χ3n) is 3.13. The normalized spacial score (nSPS) is 12.0. The van der Waals surface area contributed by atoms with Crippen LogP contribution in [0.2, 0.25) is 0 Å². The molecule has 0 saturated heterocycles. The van der Waals surface area contributed by atoms with Crippen molar-refractivity contribution in [3.63, 3.8) is 0 Å². The lowest BCUT2D eigenvalue weighted by Crippen LogP contribution is -2.36. The maximum atomic E-state index is 12.6. The fourth-order valence-corrected chi connectivity index (χ4v) is 2.87. The number of nitrogens with zero attached hydrogens (tertiary/aromatic N) is 1. The molecule has 2 aromatic rings. The minimum atomic E-state index is -4.66. The van der Waals surface area contributed by atoms with Gasteiger partial charge in [0.05, 0.1) is 17.0 Å². The summed E-state index contributed by atoms with van der Waals surface area (Å²) in [5, 5.41) is 2.48. The van der Waals surface area contributed by atoms with E-state index in [1.165, 1.54) is 12.4 Å². The molecule has 0 aliphatic carbocycles. The Morgan fingerprint density at radius 2 is 1.80 bits per heavy atom. The molecule has 134 valence electrons. The van der Waals surface area contributed by atoms with Crippen molar-refractivity contribution in [3.05, 3.63) is 59.9 Å². The van der Waals surface area contributed by atoms with Crippen LogP contribution in [-0.2, 0) is 27.5 Å². The molecule has 0 bridgehead atoms. The van der Waals surface area contributed by atoms with Crippen LogP contribution >= 0.6 is 0 Å². The molecule has 1 aromatic heterocycles. The first-order valence-corrected chi connectivity index (χ1v) is 8.49. The molecule has 0 unspecified atom stereocenters. The molecule has 0 aliphatic heterocycles. The molecule has 0 radical (unpaired) electrons. The van der Waals surface area contributed by atoms with Crippen LogP contribution in [0.15, 0.2) is 53.7 Å². The van der Waals surface area contributed by atoms with E-state index < -0.39 is 39.1 Å². The van der Waals surface area contributed by atoms with E-state index in [9.17, 15) is 26.4 Å². The summed E-state index contributed by atoms with van der Waals surface area (Å²) in [5.41, 5.74) is -0.318. The van der Waals surface area contributed by atoms with Gasteiger partial charge in [0.1, 0.15) is 0 Å². The van der Waals surface area contributed by atoms with E-state index in [-0.39, 0.29) is 6.54 Å². The number of pyridine rings is 1. The number of hydrogen-bond acceptors (Lipinski definition) is 4. The van der Waals surface area contributed by atoms with Crippen molar-refractivity contribution >= 4 is 15.9 Å². The topological polar surface area (TPSA) is 88.2 Å². The summed E-state index contributed by atoms with van der Waals surface area (Å²) in [6.45, 7) is -0.420. The largest absolute Gasteiger partial charge is 0.416 e. The number of amides is 1. The van der Waals surface area contributed by atoms with Gasteiger partial charge in [0.25, 0.3) is 0 Å². The molecule has 2 N–H and O–H groups in total. The van der Waals surface area contributed by atoms with Crippen molar-refractivity contribution < 1.29 is 26.4 Å². The van der Waals surface area contributed by atoms with E-state index in [1.54, 1.807) is 12.1 Å². The summed E-state index contributed by atoms with van der Waals surface area (Å²) in [4.78, 5) is 14.9. The first kappa shape index (κ1) is 18.9. The van der Waals surface area contributed by atoms with Gasteiger partial charge in [-0.3, -0.25) is 9.78 Å². The first-order chi connectivity index (χ1) is 11.7. The molecular weight excluding hydrogens is 359 g/mol. The second-order valence-corrected chi connectivity index (χ2v) is 6.75. The Hall–Kier alpha value is -2.46. The van der Waals surface area contributed by atoms with Crippen molar-refractivity contribution in [1.82, 2.24) is 15.0 Å². The first-order valence-electron chi connectivity index (χ1n) is 7.01. The predicted molar refractivity (Wildman–Crippen MR) is 82.7 cm³/mol. The number of nitrogens with one attached hydrogen (secondary N) is 2. The van der Waals surface area contributed by atoms with Crippen LogP contribution in [0, 0.1) is 0 Å². The highest BCUT2D eigenvalue weighted by Crippen LogP contribution is 2.30. The van der Waals surface area contributed by atoms with Crippen molar-refractivity contribution in [2.24, 2.45) is 0 Å². The van der Waals surface area contributed by atoms with E-state index >= 15 is 0 Å². The molecule has 1 aromatic carbocycles. The molecule has 0 aliphatic rings. The van der Waals surface area contributed by atoms with Gasteiger partial charge < -0.3 is 5.32 Å². The standard InChI is InChI=1S/C15H14F3N3O3S/c16-15(17,18)12-2-1-3-13(8-12)25(23,24)21-10-14(22)20-9-11-4-6-19-7-5-11/h1-8,21H,9-10H2,(H,20,22). The maximum absolute atomic E-state index is 12.6. The van der Waals surface area contributed by atoms with Crippen molar-refractivity contribution in [1.29, 1.82) is 0 Å². The molecule has 0 saturated carbocycles. The number of benzene rings is 1. The van der Waals surface area contributed by atoms with Gasteiger partial charge >= 0.3 is 6.18 Å². The van der Waals surface area contributed by atoms with E-state index in [0.717, 1.165) is 23.8 Å². The third-order valence-corrected chi connectivity index (χ3v) is 4.53. The van der Waals surface area contributed by atoms with Crippen molar-refractivity contribution in [2.75, 3.05) is 6.54 Å². The zero-order valence-corrected chi connectivity index (χ0v) is 13.6. The van der Waals surface area contributed by atoms with Gasteiger partial charge in [-0.2, -0.15) is 13.2 Å². The Morgan fingerprint density at radius 1 is 1.12 bits per heavy atom.